The molecular weight excluding hydrogens is 717 g/mol. The number of hydrogen-bond donors (Lipinski definition) is 0. The Morgan fingerprint density at radius 2 is 0.727 bits per heavy atom. The zero-order chi connectivity index (χ0) is 38.4. The smallest absolute Gasteiger partial charge is 0.344 e. The highest BCUT2D eigenvalue weighted by atomic mass is 32.2. The quantitative estimate of drug-likeness (QED) is 0.0709. The van der Waals surface area contributed by atoms with Crippen LogP contribution in [0, 0.1) is 22.6 Å². The SMILES string of the molecule is O=S(=O)(c1ccc(OCCOC(C#[N+][O-])(c2ccccc2)c2ccccc2)cc1)c1ccc(OCCOC(C#[N+][O-])(c2ccccc2)c2ccccc2)cc1. The number of benzene rings is 6. The third-order valence-corrected chi connectivity index (χ3v) is 10.5. The second-order valence-corrected chi connectivity index (χ2v) is 14.0. The van der Waals surface area contributed by atoms with E-state index in [1.807, 2.05) is 121 Å². The van der Waals surface area contributed by atoms with E-state index in [0.29, 0.717) is 33.8 Å². The van der Waals surface area contributed by atoms with Gasteiger partial charge in [0.05, 0.1) is 23.0 Å². The van der Waals surface area contributed by atoms with E-state index in [1.54, 1.807) is 24.3 Å². The van der Waals surface area contributed by atoms with Crippen molar-refractivity contribution in [3.8, 4) is 23.6 Å². The molecule has 0 fully saturated rings. The van der Waals surface area contributed by atoms with Crippen LogP contribution in [0.25, 0.3) is 10.0 Å². The van der Waals surface area contributed by atoms with E-state index in [-0.39, 0.29) is 36.2 Å². The standard InChI is InChI=1S/C44H36N2O8S/c47-45-33-43(35-13-5-1-6-14-35,36-15-7-2-8-16-36)53-31-29-51-39-21-25-41(26-22-39)55(49,50)42-27-23-40(24-28-42)52-30-32-54-44(34-46-48,37-17-9-3-10-18-37)38-19-11-4-12-20-38/h1-28H,29-32H2. The third-order valence-electron chi connectivity index (χ3n) is 8.74. The lowest BCUT2D eigenvalue weighted by Gasteiger charge is -2.25. The summed E-state index contributed by atoms with van der Waals surface area (Å²) in [5.41, 5.74) is 0.0301. The lowest BCUT2D eigenvalue weighted by atomic mass is 9.87. The molecule has 276 valence electrons. The Balaban J connectivity index is 1.05. The van der Waals surface area contributed by atoms with Gasteiger partial charge >= 0.3 is 12.1 Å². The van der Waals surface area contributed by atoms with E-state index in [4.69, 9.17) is 18.9 Å². The number of nitrogens with zero attached hydrogens (tertiary/aromatic N) is 2. The summed E-state index contributed by atoms with van der Waals surface area (Å²) in [5, 5.41) is 28.9. The minimum Gasteiger partial charge on any atom is -0.498 e. The molecule has 0 amide bonds. The van der Waals surface area contributed by atoms with Crippen LogP contribution in [0.1, 0.15) is 22.3 Å². The first-order valence-corrected chi connectivity index (χ1v) is 18.8. The molecule has 0 spiro atoms. The summed E-state index contributed by atoms with van der Waals surface area (Å²) in [5.74, 6) is 0.866. The van der Waals surface area contributed by atoms with Crippen LogP contribution in [-0.4, -0.2) is 34.8 Å². The third kappa shape index (κ3) is 8.78. The molecule has 6 rings (SSSR count). The molecule has 0 saturated carbocycles. The molecular formula is C44H36N2O8S. The predicted molar refractivity (Wildman–Crippen MR) is 210 cm³/mol. The lowest BCUT2D eigenvalue weighted by molar-refractivity contribution is 0.00926. The van der Waals surface area contributed by atoms with Gasteiger partial charge in [0.2, 0.25) is 9.84 Å². The van der Waals surface area contributed by atoms with E-state index in [9.17, 15) is 18.8 Å². The van der Waals surface area contributed by atoms with Crippen molar-refractivity contribution in [2.24, 2.45) is 0 Å². The van der Waals surface area contributed by atoms with Crippen LogP contribution in [-0.2, 0) is 30.5 Å². The molecule has 0 N–H and O–H groups in total. The average Bonchev–Trinajstić information content (AvgIpc) is 3.24. The average molecular weight is 753 g/mol. The fourth-order valence-corrected chi connectivity index (χ4v) is 7.35. The Morgan fingerprint density at radius 1 is 0.436 bits per heavy atom. The summed E-state index contributed by atoms with van der Waals surface area (Å²) in [6, 6.07) is 54.2. The van der Waals surface area contributed by atoms with Gasteiger partial charge in [0.15, 0.2) is 0 Å². The maximum atomic E-state index is 13.5. The van der Waals surface area contributed by atoms with Crippen molar-refractivity contribution in [1.29, 1.82) is 0 Å². The Kier molecular flexibility index (Phi) is 12.4. The van der Waals surface area contributed by atoms with Crippen LogP contribution < -0.4 is 9.47 Å². The van der Waals surface area contributed by atoms with Gasteiger partial charge in [-0.25, -0.2) is 8.42 Å². The normalized spacial score (nSPS) is 11.3. The summed E-state index contributed by atoms with van der Waals surface area (Å²) >= 11 is 0. The molecule has 0 bridgehead atoms. The molecule has 0 unspecified atom stereocenters. The van der Waals surface area contributed by atoms with Crippen LogP contribution in [0.3, 0.4) is 0 Å². The Morgan fingerprint density at radius 3 is 1.00 bits per heavy atom. The second kappa shape index (κ2) is 17.9. The molecule has 10 nitrogen and oxygen atoms in total. The molecule has 0 aliphatic rings. The lowest BCUT2D eigenvalue weighted by Crippen LogP contribution is -2.31. The number of sulfone groups is 1. The summed E-state index contributed by atoms with van der Waals surface area (Å²) in [6.07, 6.45) is 0. The fraction of sp³-hybridized carbons (Fsp3) is 0.136. The topological polar surface area (TPSA) is 126 Å². The van der Waals surface area contributed by atoms with Crippen molar-refractivity contribution in [2.75, 3.05) is 26.4 Å². The maximum Gasteiger partial charge on any atom is 0.344 e. The number of rotatable bonds is 16. The summed E-state index contributed by atoms with van der Waals surface area (Å²) < 4.78 is 51.1. The van der Waals surface area contributed by atoms with Crippen molar-refractivity contribution in [2.45, 2.75) is 21.0 Å². The van der Waals surface area contributed by atoms with Crippen molar-refractivity contribution in [1.82, 2.24) is 0 Å². The zero-order valence-electron chi connectivity index (χ0n) is 29.6. The molecule has 0 radical (unpaired) electrons. The van der Waals surface area contributed by atoms with Crippen molar-refractivity contribution >= 4 is 9.84 Å². The largest absolute Gasteiger partial charge is 0.498 e. The minimum absolute atomic E-state index is 0.0701. The zero-order valence-corrected chi connectivity index (χ0v) is 30.4. The molecule has 0 atom stereocenters. The first-order chi connectivity index (χ1) is 26.9. The minimum atomic E-state index is -3.85. The summed E-state index contributed by atoms with van der Waals surface area (Å²) in [4.78, 5) is 0.169. The van der Waals surface area contributed by atoms with Gasteiger partial charge in [-0.05, 0) is 48.5 Å². The summed E-state index contributed by atoms with van der Waals surface area (Å²) in [7, 11) is -3.85. The first kappa shape index (κ1) is 38.1. The Labute approximate surface area is 319 Å². The van der Waals surface area contributed by atoms with E-state index in [0.717, 1.165) is 0 Å². The van der Waals surface area contributed by atoms with Gasteiger partial charge in [0.1, 0.15) is 24.7 Å². The van der Waals surface area contributed by atoms with Gasteiger partial charge in [-0.15, -0.1) is 0 Å². The molecule has 55 heavy (non-hydrogen) atoms. The highest BCUT2D eigenvalue weighted by Gasteiger charge is 2.41. The van der Waals surface area contributed by atoms with Gasteiger partial charge in [0, 0.05) is 32.3 Å². The van der Waals surface area contributed by atoms with E-state index < -0.39 is 21.0 Å². The molecule has 6 aromatic carbocycles. The van der Waals surface area contributed by atoms with Gasteiger partial charge in [-0.2, -0.15) is 0 Å². The molecule has 6 aromatic rings. The number of hydrogen-bond acceptors (Lipinski definition) is 8. The van der Waals surface area contributed by atoms with Crippen molar-refractivity contribution < 1.29 is 27.4 Å². The summed E-state index contributed by atoms with van der Waals surface area (Å²) in [6.45, 7) is 0.344. The van der Waals surface area contributed by atoms with Gasteiger partial charge in [-0.1, -0.05) is 121 Å². The fourth-order valence-electron chi connectivity index (χ4n) is 6.08. The van der Waals surface area contributed by atoms with E-state index in [1.165, 1.54) is 24.3 Å². The first-order valence-electron chi connectivity index (χ1n) is 17.3. The molecule has 11 heteroatoms. The van der Waals surface area contributed by atoms with Crippen LogP contribution in [0.4, 0.5) is 0 Å². The second-order valence-electron chi connectivity index (χ2n) is 12.1. The predicted octanol–water partition coefficient (Wildman–Crippen LogP) is 8.86. The van der Waals surface area contributed by atoms with Crippen LogP contribution in [0.2, 0.25) is 0 Å². The highest BCUT2D eigenvalue weighted by Crippen LogP contribution is 2.35. The van der Waals surface area contributed by atoms with Crippen LogP contribution in [0.15, 0.2) is 180 Å². The van der Waals surface area contributed by atoms with E-state index >= 15 is 0 Å². The van der Waals surface area contributed by atoms with E-state index in [2.05, 4.69) is 22.2 Å². The molecule has 0 aliphatic heterocycles. The van der Waals surface area contributed by atoms with Gasteiger partial charge < -0.3 is 29.4 Å². The Hall–Kier alpha value is -6.63. The molecule has 0 saturated heterocycles. The molecule has 0 aliphatic carbocycles. The highest BCUT2D eigenvalue weighted by molar-refractivity contribution is 7.91. The van der Waals surface area contributed by atoms with Crippen molar-refractivity contribution in [3.63, 3.8) is 0 Å². The van der Waals surface area contributed by atoms with Crippen LogP contribution >= 0.6 is 0 Å². The van der Waals surface area contributed by atoms with Gasteiger partial charge in [0.25, 0.3) is 11.2 Å². The molecule has 0 aromatic heterocycles. The Bertz CT molecular complexity index is 2110. The monoisotopic (exact) mass is 752 g/mol. The van der Waals surface area contributed by atoms with Gasteiger partial charge in [-0.3, -0.25) is 0 Å². The van der Waals surface area contributed by atoms with Crippen molar-refractivity contribution in [3.05, 3.63) is 213 Å². The maximum absolute atomic E-state index is 13.5. The van der Waals surface area contributed by atoms with Crippen LogP contribution in [0.5, 0.6) is 11.5 Å². The molecule has 0 heterocycles. The number of ether oxygens (including phenoxy) is 4.